The lowest BCUT2D eigenvalue weighted by Gasteiger charge is -2.37. The molecule has 0 spiro atoms. The zero-order chi connectivity index (χ0) is 10.0. The number of hydrogen-bond acceptors (Lipinski definition) is 1. The van der Waals surface area contributed by atoms with E-state index in [1.165, 1.54) is 45.2 Å². The second-order valence-corrected chi connectivity index (χ2v) is 5.42. The summed E-state index contributed by atoms with van der Waals surface area (Å²) in [6, 6.07) is 0. The summed E-state index contributed by atoms with van der Waals surface area (Å²) in [7, 11) is 0. The van der Waals surface area contributed by atoms with Crippen LogP contribution in [0.25, 0.3) is 0 Å². The zero-order valence-electron chi connectivity index (χ0n) is 9.60. The first-order valence-electron chi connectivity index (χ1n) is 6.10. The lowest BCUT2D eigenvalue weighted by Crippen LogP contribution is -2.29. The maximum absolute atomic E-state index is 3.43. The second-order valence-electron chi connectivity index (χ2n) is 5.42. The van der Waals surface area contributed by atoms with Gasteiger partial charge in [0, 0.05) is 0 Å². The summed E-state index contributed by atoms with van der Waals surface area (Å²) >= 11 is 0. The Morgan fingerprint density at radius 1 is 1.29 bits per heavy atom. The molecule has 2 fully saturated rings. The molecule has 1 heteroatoms. The molecule has 0 radical (unpaired) electrons. The topological polar surface area (TPSA) is 12.0 Å². The van der Waals surface area contributed by atoms with Gasteiger partial charge in [-0.1, -0.05) is 25.0 Å². The van der Waals surface area contributed by atoms with E-state index < -0.39 is 0 Å². The fourth-order valence-corrected chi connectivity index (χ4v) is 2.82. The summed E-state index contributed by atoms with van der Waals surface area (Å²) < 4.78 is 0. The van der Waals surface area contributed by atoms with Crippen LogP contribution in [0.5, 0.6) is 0 Å². The van der Waals surface area contributed by atoms with E-state index in [1.807, 2.05) is 0 Å². The van der Waals surface area contributed by atoms with Gasteiger partial charge in [0.1, 0.15) is 0 Å². The zero-order valence-corrected chi connectivity index (χ0v) is 9.60. The summed E-state index contributed by atoms with van der Waals surface area (Å²) in [6.45, 7) is 7.19. The van der Waals surface area contributed by atoms with Crippen molar-refractivity contribution < 1.29 is 0 Å². The second kappa shape index (κ2) is 4.06. The highest BCUT2D eigenvalue weighted by Crippen LogP contribution is 2.43. The van der Waals surface area contributed by atoms with Crippen LogP contribution in [-0.4, -0.2) is 13.1 Å². The van der Waals surface area contributed by atoms with Gasteiger partial charge in [-0.3, -0.25) is 0 Å². The highest BCUT2D eigenvalue weighted by molar-refractivity contribution is 5.13. The Balaban J connectivity index is 1.95. The molecule has 1 aliphatic carbocycles. The molecule has 2 aliphatic rings. The maximum Gasteiger partial charge on any atom is -0.00432 e. The largest absolute Gasteiger partial charge is 0.317 e. The summed E-state index contributed by atoms with van der Waals surface area (Å²) in [5.41, 5.74) is 2.23. The Bertz CT molecular complexity index is 219. The molecule has 0 bridgehead atoms. The molecule has 0 unspecified atom stereocenters. The fraction of sp³-hybridized carbons (Fsp3) is 0.846. The van der Waals surface area contributed by atoms with E-state index in [0.29, 0.717) is 5.41 Å². The number of nitrogens with one attached hydrogen (secondary N) is 1. The van der Waals surface area contributed by atoms with Crippen molar-refractivity contribution in [2.75, 3.05) is 13.1 Å². The van der Waals surface area contributed by atoms with Gasteiger partial charge in [0.05, 0.1) is 0 Å². The van der Waals surface area contributed by atoms with Gasteiger partial charge in [0.25, 0.3) is 0 Å². The molecule has 0 amide bonds. The molecule has 2 rings (SSSR count). The quantitative estimate of drug-likeness (QED) is 0.664. The van der Waals surface area contributed by atoms with E-state index in [2.05, 4.69) is 25.2 Å². The highest BCUT2D eigenvalue weighted by atomic mass is 14.9. The van der Waals surface area contributed by atoms with Crippen LogP contribution in [0.15, 0.2) is 11.6 Å². The summed E-state index contributed by atoms with van der Waals surface area (Å²) in [4.78, 5) is 0. The van der Waals surface area contributed by atoms with E-state index >= 15 is 0 Å². The van der Waals surface area contributed by atoms with Gasteiger partial charge < -0.3 is 5.32 Å². The van der Waals surface area contributed by atoms with Gasteiger partial charge >= 0.3 is 0 Å². The third-order valence-corrected chi connectivity index (χ3v) is 4.06. The van der Waals surface area contributed by atoms with Crippen molar-refractivity contribution in [2.24, 2.45) is 11.3 Å². The van der Waals surface area contributed by atoms with E-state index in [9.17, 15) is 0 Å². The number of piperidine rings is 1. The molecule has 0 aromatic carbocycles. The van der Waals surface area contributed by atoms with Crippen LogP contribution in [-0.2, 0) is 0 Å². The molecular formula is C13H23N. The van der Waals surface area contributed by atoms with E-state index in [-0.39, 0.29) is 0 Å². The predicted octanol–water partition coefficient (Wildman–Crippen LogP) is 3.12. The Labute approximate surface area is 88.0 Å². The Hall–Kier alpha value is -0.300. The van der Waals surface area contributed by atoms with E-state index in [1.54, 1.807) is 5.57 Å². The van der Waals surface area contributed by atoms with Gasteiger partial charge in [-0.2, -0.15) is 0 Å². The van der Waals surface area contributed by atoms with Crippen LogP contribution in [0, 0.1) is 11.3 Å². The van der Waals surface area contributed by atoms with Crippen LogP contribution < -0.4 is 5.32 Å². The Morgan fingerprint density at radius 2 is 1.93 bits per heavy atom. The number of hydrogen-bond donors (Lipinski definition) is 1. The minimum Gasteiger partial charge on any atom is -0.317 e. The summed E-state index contributed by atoms with van der Waals surface area (Å²) in [5.74, 6) is 0.869. The van der Waals surface area contributed by atoms with Crippen molar-refractivity contribution in [2.45, 2.75) is 46.0 Å². The molecule has 1 saturated carbocycles. The van der Waals surface area contributed by atoms with Crippen molar-refractivity contribution in [1.82, 2.24) is 5.32 Å². The van der Waals surface area contributed by atoms with Crippen molar-refractivity contribution >= 4 is 0 Å². The molecule has 14 heavy (non-hydrogen) atoms. The van der Waals surface area contributed by atoms with E-state index in [4.69, 9.17) is 0 Å². The Morgan fingerprint density at radius 3 is 2.43 bits per heavy atom. The molecule has 1 aliphatic heterocycles. The normalized spacial score (nSPS) is 28.6. The molecule has 1 nitrogen and oxygen atoms in total. The first kappa shape index (κ1) is 10.2. The average molecular weight is 193 g/mol. The minimum atomic E-state index is 0.564. The molecule has 0 aromatic heterocycles. The molecule has 1 N–H and O–H groups in total. The maximum atomic E-state index is 3.43. The monoisotopic (exact) mass is 193 g/mol. The highest BCUT2D eigenvalue weighted by Gasteiger charge is 2.30. The summed E-state index contributed by atoms with van der Waals surface area (Å²) in [5, 5.41) is 3.43. The van der Waals surface area contributed by atoms with Crippen LogP contribution in [0.1, 0.15) is 46.0 Å². The number of rotatable bonds is 2. The molecule has 0 aromatic rings. The van der Waals surface area contributed by atoms with Gasteiger partial charge in [-0.05, 0) is 57.0 Å². The summed E-state index contributed by atoms with van der Waals surface area (Å²) in [6.07, 6.45) is 9.53. The molecule has 1 saturated heterocycles. The van der Waals surface area contributed by atoms with Crippen molar-refractivity contribution in [3.63, 3.8) is 0 Å². The smallest absolute Gasteiger partial charge is 0.00432 e. The first-order valence-corrected chi connectivity index (χ1v) is 6.10. The SMILES string of the molecule is C/C(=C\C1(C)CCC1)C1CCNCC1. The van der Waals surface area contributed by atoms with Crippen LogP contribution in [0.2, 0.25) is 0 Å². The van der Waals surface area contributed by atoms with Gasteiger partial charge in [0.2, 0.25) is 0 Å². The molecular weight excluding hydrogens is 170 g/mol. The predicted molar refractivity (Wildman–Crippen MR) is 61.3 cm³/mol. The van der Waals surface area contributed by atoms with Crippen LogP contribution >= 0.6 is 0 Å². The first-order chi connectivity index (χ1) is 6.70. The lowest BCUT2D eigenvalue weighted by molar-refractivity contribution is 0.229. The third-order valence-electron chi connectivity index (χ3n) is 4.06. The van der Waals surface area contributed by atoms with Crippen molar-refractivity contribution in [3.8, 4) is 0 Å². The van der Waals surface area contributed by atoms with Gasteiger partial charge in [0.15, 0.2) is 0 Å². The standard InChI is InChI=1S/C13H23N/c1-11(10-13(2)6-3-7-13)12-4-8-14-9-5-12/h10,12,14H,3-9H2,1-2H3/b11-10+. The van der Waals surface area contributed by atoms with Crippen molar-refractivity contribution in [3.05, 3.63) is 11.6 Å². The number of allylic oxidation sites excluding steroid dienone is 2. The molecule has 80 valence electrons. The van der Waals surface area contributed by atoms with Gasteiger partial charge in [-0.15, -0.1) is 0 Å². The van der Waals surface area contributed by atoms with Gasteiger partial charge in [-0.25, -0.2) is 0 Å². The van der Waals surface area contributed by atoms with Crippen LogP contribution in [0.4, 0.5) is 0 Å². The lowest BCUT2D eigenvalue weighted by atomic mass is 9.68. The fourth-order valence-electron chi connectivity index (χ4n) is 2.82. The van der Waals surface area contributed by atoms with Crippen molar-refractivity contribution in [1.29, 1.82) is 0 Å². The molecule has 0 atom stereocenters. The minimum absolute atomic E-state index is 0.564. The average Bonchev–Trinajstić information content (AvgIpc) is 2.17. The third kappa shape index (κ3) is 2.20. The molecule has 1 heterocycles. The Kier molecular flexibility index (Phi) is 2.96. The van der Waals surface area contributed by atoms with E-state index in [0.717, 1.165) is 5.92 Å². The van der Waals surface area contributed by atoms with Crippen LogP contribution in [0.3, 0.4) is 0 Å².